The molecule has 2 nitrogen and oxygen atoms in total. The van der Waals surface area contributed by atoms with Crippen molar-refractivity contribution in [2.45, 2.75) is 18.9 Å². The molecule has 0 aromatic heterocycles. The summed E-state index contributed by atoms with van der Waals surface area (Å²) in [5, 5.41) is 0. The van der Waals surface area contributed by atoms with Crippen molar-refractivity contribution < 1.29 is 13.5 Å². The van der Waals surface area contributed by atoms with Crippen LogP contribution in [0.5, 0.6) is 5.75 Å². The molecule has 0 saturated heterocycles. The fraction of sp³-hybridized carbons (Fsp3) is 0.455. The number of methoxy groups -OCH3 is 1. The number of nitrogens with two attached hydrogens (primary N) is 1. The maximum Gasteiger partial charge on any atom is 0.134 e. The van der Waals surface area contributed by atoms with E-state index in [1.807, 2.05) is 0 Å². The Kier molecular flexibility index (Phi) is 2.61. The Balaban J connectivity index is 2.37. The van der Waals surface area contributed by atoms with Crippen molar-refractivity contribution in [1.82, 2.24) is 0 Å². The topological polar surface area (TPSA) is 35.2 Å². The maximum atomic E-state index is 13.5. The van der Waals surface area contributed by atoms with E-state index in [9.17, 15) is 8.78 Å². The highest BCUT2D eigenvalue weighted by atomic mass is 19.1. The zero-order valence-electron chi connectivity index (χ0n) is 8.47. The summed E-state index contributed by atoms with van der Waals surface area (Å²) in [6.45, 7) is 0. The number of hydrogen-bond donors (Lipinski definition) is 1. The average Bonchev–Trinajstić information content (AvgIpc) is 2.99. The smallest absolute Gasteiger partial charge is 0.134 e. The first-order chi connectivity index (χ1) is 7.13. The summed E-state index contributed by atoms with van der Waals surface area (Å²) in [6, 6.07) is 1.80. The van der Waals surface area contributed by atoms with Crippen molar-refractivity contribution in [3.05, 3.63) is 29.3 Å². The lowest BCUT2D eigenvalue weighted by Gasteiger charge is -2.13. The standard InChI is InChI=1S/C11H13F2NO/c1-15-7-4-8(12)10(9(13)5-7)11(14)6-2-3-6/h4-6,11H,2-3,14H2,1H3/t11-/m0/s1. The van der Waals surface area contributed by atoms with E-state index < -0.39 is 17.7 Å². The molecule has 0 heterocycles. The highest BCUT2D eigenvalue weighted by molar-refractivity contribution is 5.33. The average molecular weight is 213 g/mol. The monoisotopic (exact) mass is 213 g/mol. The summed E-state index contributed by atoms with van der Waals surface area (Å²) in [7, 11) is 1.37. The van der Waals surface area contributed by atoms with Gasteiger partial charge in [-0.3, -0.25) is 0 Å². The molecule has 1 aliphatic rings. The number of rotatable bonds is 3. The zero-order chi connectivity index (χ0) is 11.0. The first-order valence-corrected chi connectivity index (χ1v) is 4.92. The summed E-state index contributed by atoms with van der Waals surface area (Å²) in [5.74, 6) is -0.836. The summed E-state index contributed by atoms with van der Waals surface area (Å²) in [4.78, 5) is 0. The minimum absolute atomic E-state index is 0.0155. The van der Waals surface area contributed by atoms with Gasteiger partial charge in [0, 0.05) is 23.7 Å². The van der Waals surface area contributed by atoms with Crippen LogP contribution in [-0.2, 0) is 0 Å². The fourth-order valence-electron chi connectivity index (χ4n) is 1.69. The third-order valence-corrected chi connectivity index (χ3v) is 2.75. The van der Waals surface area contributed by atoms with Gasteiger partial charge in [0.25, 0.3) is 0 Å². The zero-order valence-corrected chi connectivity index (χ0v) is 8.47. The summed E-state index contributed by atoms with van der Waals surface area (Å²) >= 11 is 0. The van der Waals surface area contributed by atoms with E-state index in [0.717, 1.165) is 12.8 Å². The van der Waals surface area contributed by atoms with Crippen LogP contribution in [0.1, 0.15) is 24.4 Å². The molecule has 2 N–H and O–H groups in total. The second-order valence-corrected chi connectivity index (χ2v) is 3.87. The Hall–Kier alpha value is -1.16. The second kappa shape index (κ2) is 3.77. The first kappa shape index (κ1) is 10.4. The van der Waals surface area contributed by atoms with Gasteiger partial charge in [0.2, 0.25) is 0 Å². The van der Waals surface area contributed by atoms with Gasteiger partial charge in [0.1, 0.15) is 17.4 Å². The second-order valence-electron chi connectivity index (χ2n) is 3.87. The molecule has 4 heteroatoms. The van der Waals surface area contributed by atoms with E-state index in [0.29, 0.717) is 0 Å². The molecular formula is C11H13F2NO. The SMILES string of the molecule is COc1cc(F)c([C@@H](N)C2CC2)c(F)c1. The van der Waals surface area contributed by atoms with Crippen molar-refractivity contribution in [2.75, 3.05) is 7.11 Å². The minimum Gasteiger partial charge on any atom is -0.497 e. The van der Waals surface area contributed by atoms with Gasteiger partial charge < -0.3 is 10.5 Å². The van der Waals surface area contributed by atoms with Crippen LogP contribution < -0.4 is 10.5 Å². The predicted octanol–water partition coefficient (Wildman–Crippen LogP) is 2.38. The molecule has 1 atom stereocenters. The number of benzene rings is 1. The Morgan fingerprint density at radius 3 is 2.27 bits per heavy atom. The summed E-state index contributed by atoms with van der Waals surface area (Å²) in [5.41, 5.74) is 5.76. The highest BCUT2D eigenvalue weighted by Crippen LogP contribution is 2.41. The number of halogens is 2. The Bertz CT molecular complexity index is 354. The van der Waals surface area contributed by atoms with Gasteiger partial charge in [-0.25, -0.2) is 8.78 Å². The quantitative estimate of drug-likeness (QED) is 0.836. The lowest BCUT2D eigenvalue weighted by Crippen LogP contribution is -2.16. The van der Waals surface area contributed by atoms with E-state index in [4.69, 9.17) is 10.5 Å². The van der Waals surface area contributed by atoms with Crippen LogP contribution in [0.3, 0.4) is 0 Å². The molecule has 0 unspecified atom stereocenters. The summed E-state index contributed by atoms with van der Waals surface area (Å²) in [6.07, 6.45) is 1.90. The molecule has 2 rings (SSSR count). The normalized spacial score (nSPS) is 17.6. The minimum atomic E-state index is -0.619. The number of hydrogen-bond acceptors (Lipinski definition) is 2. The predicted molar refractivity (Wildman–Crippen MR) is 52.6 cm³/mol. The first-order valence-electron chi connectivity index (χ1n) is 4.92. The lowest BCUT2D eigenvalue weighted by atomic mass is 10.0. The molecule has 0 bridgehead atoms. The van der Waals surface area contributed by atoms with E-state index in [-0.39, 0.29) is 17.2 Å². The molecule has 1 fully saturated rings. The van der Waals surface area contributed by atoms with Gasteiger partial charge in [-0.2, -0.15) is 0 Å². The third kappa shape index (κ3) is 1.95. The van der Waals surface area contributed by atoms with Crippen molar-refractivity contribution >= 4 is 0 Å². The molecule has 0 aliphatic heterocycles. The van der Waals surface area contributed by atoms with E-state index in [1.165, 1.54) is 19.2 Å². The van der Waals surface area contributed by atoms with Crippen LogP contribution >= 0.6 is 0 Å². The van der Waals surface area contributed by atoms with Gasteiger partial charge in [0.05, 0.1) is 7.11 Å². The van der Waals surface area contributed by atoms with Gasteiger partial charge >= 0.3 is 0 Å². The molecule has 1 aromatic rings. The van der Waals surface area contributed by atoms with Crippen molar-refractivity contribution in [2.24, 2.45) is 11.7 Å². The van der Waals surface area contributed by atoms with Gasteiger partial charge in [0.15, 0.2) is 0 Å². The fourth-order valence-corrected chi connectivity index (χ4v) is 1.69. The molecule has 1 saturated carbocycles. The van der Waals surface area contributed by atoms with Crippen LogP contribution in [0, 0.1) is 17.6 Å². The molecular weight excluding hydrogens is 200 g/mol. The van der Waals surface area contributed by atoms with Crippen LogP contribution in [0.2, 0.25) is 0 Å². The van der Waals surface area contributed by atoms with E-state index >= 15 is 0 Å². The summed E-state index contributed by atoms with van der Waals surface area (Å²) < 4.78 is 31.8. The Morgan fingerprint density at radius 2 is 1.87 bits per heavy atom. The van der Waals surface area contributed by atoms with Crippen LogP contribution in [-0.4, -0.2) is 7.11 Å². The van der Waals surface area contributed by atoms with Gasteiger partial charge in [-0.05, 0) is 18.8 Å². The van der Waals surface area contributed by atoms with E-state index in [2.05, 4.69) is 0 Å². The highest BCUT2D eigenvalue weighted by Gasteiger charge is 2.33. The molecule has 0 amide bonds. The largest absolute Gasteiger partial charge is 0.497 e. The lowest BCUT2D eigenvalue weighted by molar-refractivity contribution is 0.402. The molecule has 15 heavy (non-hydrogen) atoms. The van der Waals surface area contributed by atoms with Crippen molar-refractivity contribution in [3.63, 3.8) is 0 Å². The van der Waals surface area contributed by atoms with E-state index in [1.54, 1.807) is 0 Å². The van der Waals surface area contributed by atoms with Crippen LogP contribution in [0.4, 0.5) is 8.78 Å². The molecule has 0 spiro atoms. The van der Waals surface area contributed by atoms with Crippen molar-refractivity contribution in [3.8, 4) is 5.75 Å². The number of ether oxygens (including phenoxy) is 1. The molecule has 82 valence electrons. The van der Waals surface area contributed by atoms with Gasteiger partial charge in [-0.15, -0.1) is 0 Å². The van der Waals surface area contributed by atoms with Crippen molar-refractivity contribution in [1.29, 1.82) is 0 Å². The van der Waals surface area contributed by atoms with Gasteiger partial charge in [-0.1, -0.05) is 0 Å². The van der Waals surface area contributed by atoms with Crippen LogP contribution in [0.25, 0.3) is 0 Å². The van der Waals surface area contributed by atoms with Crippen LogP contribution in [0.15, 0.2) is 12.1 Å². The molecule has 1 aliphatic carbocycles. The third-order valence-electron chi connectivity index (χ3n) is 2.75. The Labute approximate surface area is 87.0 Å². The Morgan fingerprint density at radius 1 is 1.33 bits per heavy atom. The molecule has 0 radical (unpaired) electrons. The molecule has 1 aromatic carbocycles. The maximum absolute atomic E-state index is 13.5.